The maximum atomic E-state index is 12.0. The van der Waals surface area contributed by atoms with Gasteiger partial charge in [-0.3, -0.25) is 14.6 Å². The third kappa shape index (κ3) is 1.95. The number of benzene rings is 1. The highest BCUT2D eigenvalue weighted by molar-refractivity contribution is 5.86. The summed E-state index contributed by atoms with van der Waals surface area (Å²) in [6.07, 6.45) is 0. The van der Waals surface area contributed by atoms with Crippen LogP contribution in [0.15, 0.2) is 26.1 Å². The van der Waals surface area contributed by atoms with E-state index in [-0.39, 0.29) is 35.0 Å². The van der Waals surface area contributed by atoms with E-state index in [2.05, 4.69) is 30.2 Å². The fourth-order valence-corrected chi connectivity index (χ4v) is 2.61. The molecular weight excluding hydrogens is 344 g/mol. The molecule has 0 fully saturated rings. The van der Waals surface area contributed by atoms with Crippen molar-refractivity contribution in [3.8, 4) is 23.2 Å². The molecule has 0 bridgehead atoms. The van der Waals surface area contributed by atoms with Crippen LogP contribution in [0.3, 0.4) is 0 Å². The van der Waals surface area contributed by atoms with Gasteiger partial charge in [0.05, 0.1) is 5.69 Å². The van der Waals surface area contributed by atoms with Crippen molar-refractivity contribution in [2.24, 2.45) is 0 Å². The number of H-pyrrole nitrogens is 1. The van der Waals surface area contributed by atoms with Crippen LogP contribution in [0.5, 0.6) is 11.6 Å². The Labute approximate surface area is 142 Å². The van der Waals surface area contributed by atoms with Gasteiger partial charge in [-0.05, 0) is 0 Å². The third-order valence-electron chi connectivity index (χ3n) is 3.71. The van der Waals surface area contributed by atoms with Crippen LogP contribution in [0.2, 0.25) is 0 Å². The molecule has 0 radical (unpaired) electrons. The van der Waals surface area contributed by atoms with Crippen LogP contribution < -0.4 is 32.6 Å². The first-order chi connectivity index (χ1) is 12.5. The number of aromatic amines is 1. The summed E-state index contributed by atoms with van der Waals surface area (Å²) in [4.78, 5) is 41.8. The van der Waals surface area contributed by atoms with Crippen molar-refractivity contribution in [1.29, 1.82) is 0 Å². The monoisotopic (exact) mass is 352 g/mol. The molecule has 2 aromatic rings. The fourth-order valence-electron chi connectivity index (χ4n) is 2.61. The number of anilines is 4. The fraction of sp³-hybridized carbons (Fsp3) is 0. The SMILES string of the molecule is Nc1nc2oc3cc4c(cc3nc-2c(=O)n1)Oc1nc(N)[nH]c(=O)c1N4. The van der Waals surface area contributed by atoms with Crippen molar-refractivity contribution in [2.75, 3.05) is 16.8 Å². The van der Waals surface area contributed by atoms with Crippen molar-refractivity contribution in [3.05, 3.63) is 32.8 Å². The second-order valence-electron chi connectivity index (χ2n) is 5.43. The lowest BCUT2D eigenvalue weighted by Crippen LogP contribution is -2.19. The van der Waals surface area contributed by atoms with E-state index < -0.39 is 11.1 Å². The van der Waals surface area contributed by atoms with Gasteiger partial charge in [0, 0.05) is 12.1 Å². The molecule has 3 aliphatic heterocycles. The summed E-state index contributed by atoms with van der Waals surface area (Å²) in [5.74, 6) is 0.0183. The summed E-state index contributed by atoms with van der Waals surface area (Å²) in [6.45, 7) is 0. The van der Waals surface area contributed by atoms with Gasteiger partial charge in [-0.15, -0.1) is 0 Å². The maximum absolute atomic E-state index is 12.0. The number of nitrogens with zero attached hydrogens (tertiary/aromatic N) is 4. The molecule has 0 spiro atoms. The van der Waals surface area contributed by atoms with Gasteiger partial charge in [0.15, 0.2) is 22.7 Å². The summed E-state index contributed by atoms with van der Waals surface area (Å²) < 4.78 is 11.2. The van der Waals surface area contributed by atoms with E-state index in [4.69, 9.17) is 20.6 Å². The van der Waals surface area contributed by atoms with Gasteiger partial charge in [-0.25, -0.2) is 4.98 Å². The first-order valence-corrected chi connectivity index (χ1v) is 7.25. The molecule has 26 heavy (non-hydrogen) atoms. The topological polar surface area (TPSA) is 188 Å². The Kier molecular flexibility index (Phi) is 2.53. The number of nitrogens with one attached hydrogen (secondary N) is 2. The van der Waals surface area contributed by atoms with E-state index in [9.17, 15) is 9.59 Å². The summed E-state index contributed by atoms with van der Waals surface area (Å²) in [7, 11) is 0. The lowest BCUT2D eigenvalue weighted by molar-refractivity contribution is 0.460. The first kappa shape index (κ1) is 14.2. The summed E-state index contributed by atoms with van der Waals surface area (Å²) >= 11 is 0. The minimum atomic E-state index is -0.652. The van der Waals surface area contributed by atoms with E-state index in [1.165, 1.54) is 6.07 Å². The normalized spacial score (nSPS) is 12.3. The summed E-state index contributed by atoms with van der Waals surface area (Å²) in [5.41, 5.74) is 11.0. The number of ether oxygens (including phenoxy) is 1. The number of hydrogen-bond donors (Lipinski definition) is 4. The van der Waals surface area contributed by atoms with Gasteiger partial charge < -0.3 is 25.9 Å². The number of aromatic nitrogens is 5. The van der Waals surface area contributed by atoms with Crippen LogP contribution in [0.1, 0.15) is 0 Å². The standard InChI is InChI=1S/C14H8N8O4/c15-13-20-10(24)8-11(21-13)25-5-1-3-6(2-4(5)18-8)26-12-7(17-3)9(23)19-14(16)22-12/h1-2,17H,(H2,15,20,24)(H3,16,19,22,23). The van der Waals surface area contributed by atoms with Gasteiger partial charge in [0.2, 0.25) is 11.9 Å². The second kappa shape index (κ2) is 4.66. The van der Waals surface area contributed by atoms with Gasteiger partial charge in [-0.2, -0.15) is 15.0 Å². The molecule has 128 valence electrons. The van der Waals surface area contributed by atoms with E-state index in [0.29, 0.717) is 22.5 Å². The molecule has 0 amide bonds. The number of hydrogen-bond acceptors (Lipinski definition) is 11. The highest BCUT2D eigenvalue weighted by atomic mass is 16.5. The van der Waals surface area contributed by atoms with Crippen LogP contribution >= 0.6 is 0 Å². The smallest absolute Gasteiger partial charge is 0.304 e. The largest absolute Gasteiger partial charge is 0.435 e. The Bertz CT molecular complexity index is 1310. The third-order valence-corrected chi connectivity index (χ3v) is 3.71. The quantitative estimate of drug-likeness (QED) is 0.278. The molecule has 0 aliphatic carbocycles. The molecular formula is C14H8N8O4. The number of fused-ring (bicyclic) bond motifs is 4. The van der Waals surface area contributed by atoms with Crippen molar-refractivity contribution >= 4 is 34.4 Å². The van der Waals surface area contributed by atoms with Gasteiger partial charge in [0.1, 0.15) is 5.52 Å². The lowest BCUT2D eigenvalue weighted by Gasteiger charge is -2.20. The molecule has 6 N–H and O–H groups in total. The van der Waals surface area contributed by atoms with Crippen molar-refractivity contribution in [2.45, 2.75) is 0 Å². The van der Waals surface area contributed by atoms with Crippen LogP contribution in [-0.2, 0) is 0 Å². The lowest BCUT2D eigenvalue weighted by atomic mass is 10.2. The maximum Gasteiger partial charge on any atom is 0.304 e. The van der Waals surface area contributed by atoms with Crippen LogP contribution in [0.4, 0.5) is 23.3 Å². The highest BCUT2D eigenvalue weighted by Crippen LogP contribution is 2.41. The minimum absolute atomic E-state index is 0.0245. The average molecular weight is 352 g/mol. The molecule has 1 aromatic carbocycles. The Balaban J connectivity index is 1.75. The predicted molar refractivity (Wildman–Crippen MR) is 89.5 cm³/mol. The van der Waals surface area contributed by atoms with Gasteiger partial charge in [0.25, 0.3) is 17.3 Å². The molecule has 0 saturated heterocycles. The second-order valence-corrected chi connectivity index (χ2v) is 5.43. The highest BCUT2D eigenvalue weighted by Gasteiger charge is 2.24. The average Bonchev–Trinajstić information content (AvgIpc) is 2.57. The molecule has 12 heteroatoms. The summed E-state index contributed by atoms with van der Waals surface area (Å²) in [6, 6.07) is 3.08. The Hall–Kier alpha value is -4.22. The zero-order valence-electron chi connectivity index (χ0n) is 12.7. The molecule has 4 heterocycles. The molecule has 5 rings (SSSR count). The van der Waals surface area contributed by atoms with E-state index in [1.54, 1.807) is 6.07 Å². The van der Waals surface area contributed by atoms with E-state index in [1.807, 2.05) is 0 Å². The van der Waals surface area contributed by atoms with Crippen LogP contribution in [0, 0.1) is 0 Å². The van der Waals surface area contributed by atoms with Crippen LogP contribution in [-0.4, -0.2) is 24.9 Å². The van der Waals surface area contributed by atoms with E-state index >= 15 is 0 Å². The number of rotatable bonds is 0. The molecule has 0 atom stereocenters. The molecule has 0 saturated carbocycles. The molecule has 1 aromatic heterocycles. The number of nitrogens with two attached hydrogens (primary N) is 2. The van der Waals surface area contributed by atoms with Crippen molar-refractivity contribution in [3.63, 3.8) is 0 Å². The summed E-state index contributed by atoms with van der Waals surface area (Å²) in [5, 5.41) is 2.91. The zero-order valence-corrected chi connectivity index (χ0v) is 12.7. The van der Waals surface area contributed by atoms with Crippen molar-refractivity contribution in [1.82, 2.24) is 24.9 Å². The molecule has 3 aliphatic rings. The predicted octanol–water partition coefficient (Wildman–Crippen LogP) is 0.180. The van der Waals surface area contributed by atoms with Gasteiger partial charge in [-0.1, -0.05) is 0 Å². The Morgan fingerprint density at radius 2 is 1.88 bits per heavy atom. The van der Waals surface area contributed by atoms with Crippen LogP contribution in [0.25, 0.3) is 22.7 Å². The molecule has 0 unspecified atom stereocenters. The van der Waals surface area contributed by atoms with Gasteiger partial charge >= 0.3 is 5.56 Å². The number of nitrogen functional groups attached to an aromatic ring is 2. The Morgan fingerprint density at radius 3 is 2.73 bits per heavy atom. The van der Waals surface area contributed by atoms with Crippen molar-refractivity contribution < 1.29 is 9.15 Å². The zero-order chi connectivity index (χ0) is 18.0. The van der Waals surface area contributed by atoms with E-state index in [0.717, 1.165) is 0 Å². The first-order valence-electron chi connectivity index (χ1n) is 7.25. The Morgan fingerprint density at radius 1 is 1.04 bits per heavy atom. The minimum Gasteiger partial charge on any atom is -0.435 e. The molecule has 12 nitrogen and oxygen atoms in total.